The van der Waals surface area contributed by atoms with Gasteiger partial charge in [-0.1, -0.05) is 37.1 Å². The van der Waals surface area contributed by atoms with Gasteiger partial charge in [0.2, 0.25) is 5.91 Å². The van der Waals surface area contributed by atoms with E-state index in [0.717, 1.165) is 19.3 Å². The van der Waals surface area contributed by atoms with Crippen molar-refractivity contribution in [3.63, 3.8) is 0 Å². The molecular weight excluding hydrogens is 210 g/mol. The first-order valence-electron chi connectivity index (χ1n) is 6.08. The average Bonchev–Trinajstić information content (AvgIpc) is 2.79. The molecule has 2 heteroatoms. The molecule has 1 atom stereocenters. The zero-order valence-electron chi connectivity index (χ0n) is 10.1. The Kier molecular flexibility index (Phi) is 3.49. The van der Waals surface area contributed by atoms with Gasteiger partial charge in [0, 0.05) is 5.92 Å². The van der Waals surface area contributed by atoms with E-state index in [0.29, 0.717) is 0 Å². The van der Waals surface area contributed by atoms with Gasteiger partial charge in [-0.05, 0) is 30.4 Å². The van der Waals surface area contributed by atoms with Gasteiger partial charge in [-0.15, -0.1) is 6.42 Å². The summed E-state index contributed by atoms with van der Waals surface area (Å²) in [5.74, 6) is 2.73. The number of benzene rings is 1. The number of nitrogens with one attached hydrogen (secondary N) is 1. The van der Waals surface area contributed by atoms with Crippen LogP contribution in [-0.2, 0) is 17.6 Å². The summed E-state index contributed by atoms with van der Waals surface area (Å²) in [6.45, 7) is 1.98. The SMILES string of the molecule is C#CC(CC)NC(=O)C1Cc2ccccc2C1. The Bertz CT molecular complexity index is 433. The minimum atomic E-state index is -0.133. The van der Waals surface area contributed by atoms with Crippen molar-refractivity contribution in [3.8, 4) is 12.3 Å². The van der Waals surface area contributed by atoms with E-state index in [1.165, 1.54) is 11.1 Å². The van der Waals surface area contributed by atoms with Crippen molar-refractivity contribution >= 4 is 5.91 Å². The molecule has 1 aromatic rings. The van der Waals surface area contributed by atoms with E-state index in [9.17, 15) is 4.79 Å². The lowest BCUT2D eigenvalue weighted by molar-refractivity contribution is -0.125. The predicted octanol–water partition coefficient (Wildman–Crippen LogP) is 1.93. The molecule has 0 saturated carbocycles. The van der Waals surface area contributed by atoms with Gasteiger partial charge in [0.25, 0.3) is 0 Å². The number of terminal acetylenes is 1. The number of hydrogen-bond donors (Lipinski definition) is 1. The van der Waals surface area contributed by atoms with Gasteiger partial charge in [-0.2, -0.15) is 0 Å². The molecule has 1 amide bonds. The highest BCUT2D eigenvalue weighted by Gasteiger charge is 2.27. The summed E-state index contributed by atoms with van der Waals surface area (Å²) in [5, 5.41) is 2.92. The third-order valence-electron chi connectivity index (χ3n) is 3.35. The fourth-order valence-electron chi connectivity index (χ4n) is 2.30. The van der Waals surface area contributed by atoms with E-state index >= 15 is 0 Å². The van der Waals surface area contributed by atoms with Crippen LogP contribution in [0, 0.1) is 18.3 Å². The molecular formula is C15H17NO. The Labute approximate surface area is 102 Å². The molecule has 0 spiro atoms. The lowest BCUT2D eigenvalue weighted by atomic mass is 10.0. The number of carbonyl (C=O) groups is 1. The van der Waals surface area contributed by atoms with Crippen LogP contribution >= 0.6 is 0 Å². The first kappa shape index (κ1) is 11.7. The van der Waals surface area contributed by atoms with Gasteiger partial charge >= 0.3 is 0 Å². The standard InChI is InChI=1S/C15H17NO/c1-3-14(4-2)16-15(17)13-9-11-7-5-6-8-12(11)10-13/h1,5-8,13-14H,4,9-10H2,2H3,(H,16,17). The molecule has 17 heavy (non-hydrogen) atoms. The second kappa shape index (κ2) is 5.05. The third kappa shape index (κ3) is 2.50. The summed E-state index contributed by atoms with van der Waals surface area (Å²) in [7, 11) is 0. The number of fused-ring (bicyclic) bond motifs is 1. The highest BCUT2D eigenvalue weighted by molar-refractivity contribution is 5.80. The Morgan fingerprint density at radius 2 is 2.06 bits per heavy atom. The number of rotatable bonds is 3. The molecule has 0 aliphatic heterocycles. The van der Waals surface area contributed by atoms with E-state index in [4.69, 9.17) is 6.42 Å². The molecule has 88 valence electrons. The first-order valence-corrected chi connectivity index (χ1v) is 6.08. The number of carbonyl (C=O) groups excluding carboxylic acids is 1. The first-order chi connectivity index (χ1) is 8.24. The Hall–Kier alpha value is -1.75. The normalized spacial score (nSPS) is 16.0. The summed E-state index contributed by atoms with van der Waals surface area (Å²) in [4.78, 5) is 12.0. The average molecular weight is 227 g/mol. The minimum absolute atomic E-state index is 0.0507. The van der Waals surface area contributed by atoms with Crippen LogP contribution in [0.3, 0.4) is 0 Å². The van der Waals surface area contributed by atoms with Crippen molar-refractivity contribution in [2.24, 2.45) is 5.92 Å². The van der Waals surface area contributed by atoms with Crippen LogP contribution < -0.4 is 5.32 Å². The number of hydrogen-bond acceptors (Lipinski definition) is 1. The van der Waals surface area contributed by atoms with Gasteiger partial charge in [-0.25, -0.2) is 0 Å². The summed E-state index contributed by atoms with van der Waals surface area (Å²) in [6, 6.07) is 8.11. The molecule has 0 heterocycles. The van der Waals surface area contributed by atoms with Crippen molar-refractivity contribution in [1.29, 1.82) is 0 Å². The largest absolute Gasteiger partial charge is 0.342 e. The topological polar surface area (TPSA) is 29.1 Å². The Morgan fingerprint density at radius 1 is 1.47 bits per heavy atom. The van der Waals surface area contributed by atoms with Crippen LogP contribution in [0.4, 0.5) is 0 Å². The van der Waals surface area contributed by atoms with Crippen molar-refractivity contribution in [2.75, 3.05) is 0 Å². The van der Waals surface area contributed by atoms with Crippen LogP contribution in [0.5, 0.6) is 0 Å². The molecule has 1 unspecified atom stereocenters. The van der Waals surface area contributed by atoms with Crippen LogP contribution in [0.1, 0.15) is 24.5 Å². The maximum Gasteiger partial charge on any atom is 0.224 e. The molecule has 0 radical (unpaired) electrons. The molecule has 0 aromatic heterocycles. The van der Waals surface area contributed by atoms with Crippen LogP contribution in [0.2, 0.25) is 0 Å². The van der Waals surface area contributed by atoms with Crippen LogP contribution in [-0.4, -0.2) is 11.9 Å². The Morgan fingerprint density at radius 3 is 2.53 bits per heavy atom. The molecule has 0 bridgehead atoms. The monoisotopic (exact) mass is 227 g/mol. The van der Waals surface area contributed by atoms with Crippen molar-refractivity contribution in [1.82, 2.24) is 5.32 Å². The van der Waals surface area contributed by atoms with E-state index in [1.807, 2.05) is 19.1 Å². The van der Waals surface area contributed by atoms with Crippen LogP contribution in [0.15, 0.2) is 24.3 Å². The highest BCUT2D eigenvalue weighted by Crippen LogP contribution is 2.26. The summed E-state index contributed by atoms with van der Waals surface area (Å²) in [6.07, 6.45) is 7.80. The highest BCUT2D eigenvalue weighted by atomic mass is 16.1. The van der Waals surface area contributed by atoms with E-state index in [-0.39, 0.29) is 17.9 Å². The maximum atomic E-state index is 12.0. The van der Waals surface area contributed by atoms with Crippen molar-refractivity contribution < 1.29 is 4.79 Å². The lowest BCUT2D eigenvalue weighted by Crippen LogP contribution is -2.38. The van der Waals surface area contributed by atoms with Crippen molar-refractivity contribution in [2.45, 2.75) is 32.2 Å². The summed E-state index contributed by atoms with van der Waals surface area (Å²) >= 11 is 0. The van der Waals surface area contributed by atoms with Crippen LogP contribution in [0.25, 0.3) is 0 Å². The van der Waals surface area contributed by atoms with Gasteiger partial charge < -0.3 is 5.32 Å². The zero-order chi connectivity index (χ0) is 12.3. The van der Waals surface area contributed by atoms with E-state index in [1.54, 1.807) is 0 Å². The second-order valence-corrected chi connectivity index (χ2v) is 4.51. The smallest absolute Gasteiger partial charge is 0.224 e. The molecule has 2 rings (SSSR count). The molecule has 2 nitrogen and oxygen atoms in total. The van der Waals surface area contributed by atoms with Gasteiger partial charge in [-0.3, -0.25) is 4.79 Å². The third-order valence-corrected chi connectivity index (χ3v) is 3.35. The lowest BCUT2D eigenvalue weighted by Gasteiger charge is -2.14. The molecule has 1 aromatic carbocycles. The second-order valence-electron chi connectivity index (χ2n) is 4.51. The predicted molar refractivity (Wildman–Crippen MR) is 68.4 cm³/mol. The summed E-state index contributed by atoms with van der Waals surface area (Å²) in [5.41, 5.74) is 2.59. The van der Waals surface area contributed by atoms with Gasteiger partial charge in [0.05, 0.1) is 6.04 Å². The van der Waals surface area contributed by atoms with Gasteiger partial charge in [0.15, 0.2) is 0 Å². The zero-order valence-corrected chi connectivity index (χ0v) is 10.1. The van der Waals surface area contributed by atoms with E-state index in [2.05, 4.69) is 23.4 Å². The molecule has 1 aliphatic carbocycles. The molecule has 0 fully saturated rings. The van der Waals surface area contributed by atoms with Gasteiger partial charge in [0.1, 0.15) is 0 Å². The molecule has 1 aliphatic rings. The fourth-order valence-corrected chi connectivity index (χ4v) is 2.30. The van der Waals surface area contributed by atoms with E-state index < -0.39 is 0 Å². The summed E-state index contributed by atoms with van der Waals surface area (Å²) < 4.78 is 0. The minimum Gasteiger partial charge on any atom is -0.342 e. The van der Waals surface area contributed by atoms with Crippen molar-refractivity contribution in [3.05, 3.63) is 35.4 Å². The quantitative estimate of drug-likeness (QED) is 0.785. The fraction of sp³-hybridized carbons (Fsp3) is 0.400. The number of amides is 1. The maximum absolute atomic E-state index is 12.0. The molecule has 1 N–H and O–H groups in total. The Balaban J connectivity index is 1.99. The molecule has 0 saturated heterocycles.